The van der Waals surface area contributed by atoms with Crippen molar-refractivity contribution < 1.29 is 4.79 Å². The van der Waals surface area contributed by atoms with Crippen molar-refractivity contribution in [1.82, 2.24) is 0 Å². The first-order valence-electron chi connectivity index (χ1n) is 4.39. The van der Waals surface area contributed by atoms with E-state index in [2.05, 4.69) is 6.92 Å². The summed E-state index contributed by atoms with van der Waals surface area (Å²) in [6.07, 6.45) is 3.99. The van der Waals surface area contributed by atoms with Crippen LogP contribution in [0.25, 0.3) is 0 Å². The average Bonchev–Trinajstić information content (AvgIpc) is 2.65. The van der Waals surface area contributed by atoms with Crippen molar-refractivity contribution in [3.8, 4) is 0 Å². The first kappa shape index (κ1) is 7.60. The minimum absolute atomic E-state index is 0.0502. The number of halogens is 1. The molecule has 0 aromatic carbocycles. The highest BCUT2D eigenvalue weighted by molar-refractivity contribution is 6.26. The van der Waals surface area contributed by atoms with Crippen molar-refractivity contribution in [2.24, 2.45) is 11.8 Å². The van der Waals surface area contributed by atoms with Gasteiger partial charge in [0.15, 0.2) is 0 Å². The van der Waals surface area contributed by atoms with Gasteiger partial charge in [-0.15, -0.1) is 11.6 Å². The van der Waals surface area contributed by atoms with E-state index in [9.17, 15) is 4.79 Å². The van der Waals surface area contributed by atoms with Crippen LogP contribution in [0.3, 0.4) is 0 Å². The number of ketones is 1. The quantitative estimate of drug-likeness (QED) is 0.585. The van der Waals surface area contributed by atoms with Gasteiger partial charge in [-0.3, -0.25) is 4.79 Å². The van der Waals surface area contributed by atoms with E-state index in [1.165, 1.54) is 0 Å². The monoisotopic (exact) mass is 172 g/mol. The Morgan fingerprint density at radius 2 is 2.27 bits per heavy atom. The zero-order valence-electron chi connectivity index (χ0n) is 6.77. The Morgan fingerprint density at radius 1 is 1.64 bits per heavy atom. The lowest BCUT2D eigenvalue weighted by atomic mass is 9.68. The third-order valence-corrected chi connectivity index (χ3v) is 3.81. The zero-order chi connectivity index (χ0) is 8.06. The fourth-order valence-corrected chi connectivity index (χ4v) is 2.44. The smallest absolute Gasteiger partial charge is 0.136 e. The number of carbonyl (C=O) groups excluding carboxylic acids is 1. The third-order valence-electron chi connectivity index (χ3n) is 3.15. The standard InChI is InChI=1S/C9H13ClO/c1-2-6-7(5-8(6)11)9(10)3-4-9/h6-7H,2-5H2,1H3. The van der Waals surface area contributed by atoms with Crippen molar-refractivity contribution >= 4 is 17.4 Å². The first-order chi connectivity index (χ1) is 5.17. The molecule has 1 nitrogen and oxygen atoms in total. The lowest BCUT2D eigenvalue weighted by Gasteiger charge is -2.37. The van der Waals surface area contributed by atoms with Crippen LogP contribution in [0.2, 0.25) is 0 Å². The maximum absolute atomic E-state index is 11.1. The predicted octanol–water partition coefficient (Wildman–Crippen LogP) is 2.37. The van der Waals surface area contributed by atoms with Gasteiger partial charge in [0, 0.05) is 17.2 Å². The zero-order valence-corrected chi connectivity index (χ0v) is 7.53. The molecular weight excluding hydrogens is 160 g/mol. The first-order valence-corrected chi connectivity index (χ1v) is 4.77. The lowest BCUT2D eigenvalue weighted by Crippen LogP contribution is -2.42. The Labute approximate surface area is 72.1 Å². The number of carbonyl (C=O) groups is 1. The van der Waals surface area contributed by atoms with Crippen molar-refractivity contribution in [3.63, 3.8) is 0 Å². The summed E-state index contributed by atoms with van der Waals surface area (Å²) in [7, 11) is 0. The van der Waals surface area contributed by atoms with Crippen LogP contribution in [0.1, 0.15) is 32.6 Å². The Bertz CT molecular complexity index is 196. The number of Topliss-reactive ketones (excluding diaryl/α,β-unsaturated/α-hetero) is 1. The molecule has 62 valence electrons. The molecule has 0 radical (unpaired) electrons. The molecule has 0 amide bonds. The van der Waals surface area contributed by atoms with Crippen LogP contribution in [-0.4, -0.2) is 10.7 Å². The van der Waals surface area contributed by atoms with Gasteiger partial charge in [0.05, 0.1) is 0 Å². The number of hydrogen-bond acceptors (Lipinski definition) is 1. The van der Waals surface area contributed by atoms with E-state index in [1.807, 2.05) is 0 Å². The van der Waals surface area contributed by atoms with Gasteiger partial charge in [0.25, 0.3) is 0 Å². The molecule has 0 aromatic rings. The van der Waals surface area contributed by atoms with Crippen LogP contribution < -0.4 is 0 Å². The van der Waals surface area contributed by atoms with Gasteiger partial charge in [-0.2, -0.15) is 0 Å². The number of rotatable bonds is 2. The van der Waals surface area contributed by atoms with E-state index in [0.717, 1.165) is 25.7 Å². The van der Waals surface area contributed by atoms with Gasteiger partial charge in [0.2, 0.25) is 0 Å². The molecule has 2 saturated carbocycles. The summed E-state index contributed by atoms with van der Waals surface area (Å²) >= 11 is 6.23. The molecule has 2 fully saturated rings. The van der Waals surface area contributed by atoms with Crippen molar-refractivity contribution in [2.45, 2.75) is 37.5 Å². The van der Waals surface area contributed by atoms with Crippen LogP contribution in [0.15, 0.2) is 0 Å². The second-order valence-electron chi connectivity index (χ2n) is 3.83. The second-order valence-corrected chi connectivity index (χ2v) is 4.58. The summed E-state index contributed by atoms with van der Waals surface area (Å²) in [5.74, 6) is 1.25. The minimum Gasteiger partial charge on any atom is -0.299 e. The summed E-state index contributed by atoms with van der Waals surface area (Å²) in [5, 5.41) is 0. The van der Waals surface area contributed by atoms with Crippen LogP contribution in [-0.2, 0) is 4.79 Å². The molecule has 0 N–H and O–H groups in total. The predicted molar refractivity (Wildman–Crippen MR) is 44.7 cm³/mol. The second kappa shape index (κ2) is 2.22. The summed E-state index contributed by atoms with van der Waals surface area (Å²) in [4.78, 5) is 11.1. The average molecular weight is 173 g/mol. The molecule has 0 bridgehead atoms. The Balaban J connectivity index is 2.02. The lowest BCUT2D eigenvalue weighted by molar-refractivity contribution is -0.134. The van der Waals surface area contributed by atoms with E-state index < -0.39 is 0 Å². The SMILES string of the molecule is CCC1C(=O)CC1C1(Cl)CC1. The molecule has 0 aromatic heterocycles. The summed E-state index contributed by atoms with van der Waals surface area (Å²) < 4.78 is 0. The molecule has 2 heteroatoms. The van der Waals surface area contributed by atoms with Crippen molar-refractivity contribution in [1.29, 1.82) is 0 Å². The Kier molecular flexibility index (Phi) is 1.54. The highest BCUT2D eigenvalue weighted by Gasteiger charge is 2.56. The summed E-state index contributed by atoms with van der Waals surface area (Å²) in [6, 6.07) is 0. The molecule has 2 aliphatic rings. The largest absolute Gasteiger partial charge is 0.299 e. The fourth-order valence-electron chi connectivity index (χ4n) is 2.12. The van der Waals surface area contributed by atoms with Crippen molar-refractivity contribution in [3.05, 3.63) is 0 Å². The van der Waals surface area contributed by atoms with Gasteiger partial charge in [0.1, 0.15) is 5.78 Å². The highest BCUT2D eigenvalue weighted by atomic mass is 35.5. The van der Waals surface area contributed by atoms with Crippen LogP contribution in [0.4, 0.5) is 0 Å². The van der Waals surface area contributed by atoms with E-state index in [-0.39, 0.29) is 4.87 Å². The maximum Gasteiger partial charge on any atom is 0.136 e. The molecule has 0 heterocycles. The van der Waals surface area contributed by atoms with Gasteiger partial charge in [-0.25, -0.2) is 0 Å². The normalized spacial score (nSPS) is 40.0. The maximum atomic E-state index is 11.1. The van der Waals surface area contributed by atoms with Gasteiger partial charge in [-0.1, -0.05) is 6.92 Å². The van der Waals surface area contributed by atoms with E-state index in [4.69, 9.17) is 11.6 Å². The molecule has 0 spiro atoms. The number of alkyl halides is 1. The Morgan fingerprint density at radius 3 is 2.64 bits per heavy atom. The van der Waals surface area contributed by atoms with Gasteiger partial charge < -0.3 is 0 Å². The van der Waals surface area contributed by atoms with Crippen LogP contribution >= 0.6 is 11.6 Å². The minimum atomic E-state index is 0.0502. The molecule has 11 heavy (non-hydrogen) atoms. The summed E-state index contributed by atoms with van der Waals surface area (Å²) in [6.45, 7) is 2.08. The molecule has 2 unspecified atom stereocenters. The molecule has 2 rings (SSSR count). The molecule has 0 aliphatic heterocycles. The van der Waals surface area contributed by atoms with Gasteiger partial charge in [-0.05, 0) is 25.2 Å². The molecule has 0 saturated heterocycles. The van der Waals surface area contributed by atoms with E-state index >= 15 is 0 Å². The van der Waals surface area contributed by atoms with E-state index in [0.29, 0.717) is 17.6 Å². The topological polar surface area (TPSA) is 17.1 Å². The highest BCUT2D eigenvalue weighted by Crippen LogP contribution is 2.57. The molecule has 2 aliphatic carbocycles. The Hall–Kier alpha value is -0.0400. The van der Waals surface area contributed by atoms with Crippen LogP contribution in [0, 0.1) is 11.8 Å². The third kappa shape index (κ3) is 1.01. The van der Waals surface area contributed by atoms with Crippen molar-refractivity contribution in [2.75, 3.05) is 0 Å². The fraction of sp³-hybridized carbons (Fsp3) is 0.889. The number of hydrogen-bond donors (Lipinski definition) is 0. The van der Waals surface area contributed by atoms with Crippen LogP contribution in [0.5, 0.6) is 0 Å². The molecule has 2 atom stereocenters. The van der Waals surface area contributed by atoms with E-state index in [1.54, 1.807) is 0 Å². The summed E-state index contributed by atoms with van der Waals surface area (Å²) in [5.41, 5.74) is 0. The van der Waals surface area contributed by atoms with Gasteiger partial charge >= 0.3 is 0 Å². The molecular formula is C9H13ClO.